The number of anilines is 2. The van der Waals surface area contributed by atoms with E-state index in [2.05, 4.69) is 5.32 Å². The maximum atomic E-state index is 13.4. The number of rotatable bonds is 5. The summed E-state index contributed by atoms with van der Waals surface area (Å²) in [6, 6.07) is 17.2. The molecule has 3 aromatic carbocycles. The SMILES string of the molecule is COc1ccccc1NC1=C(c2ccc(F)cc2)C(=O)N(c2ccc(F)cc2)C1=O. The molecular weight excluding hydrogens is 390 g/mol. The standard InChI is InChI=1S/C23H16F2N2O3/c1-30-19-5-3-2-4-18(19)26-21-20(14-6-8-15(24)9-7-14)22(28)27(23(21)29)17-12-10-16(25)11-13-17/h2-13,26H,1H3. The monoisotopic (exact) mass is 406 g/mol. The molecule has 0 atom stereocenters. The number of methoxy groups -OCH3 is 1. The molecule has 0 unspecified atom stereocenters. The molecular formula is C23H16F2N2O3. The number of carbonyl (C=O) groups excluding carboxylic acids is 2. The molecule has 0 radical (unpaired) electrons. The lowest BCUT2D eigenvalue weighted by atomic mass is 10.0. The largest absolute Gasteiger partial charge is 0.495 e. The second-order valence-electron chi connectivity index (χ2n) is 6.50. The van der Waals surface area contributed by atoms with Crippen molar-refractivity contribution in [1.29, 1.82) is 0 Å². The number of hydrogen-bond acceptors (Lipinski definition) is 4. The second kappa shape index (κ2) is 7.79. The zero-order valence-electron chi connectivity index (χ0n) is 15.9. The van der Waals surface area contributed by atoms with Gasteiger partial charge < -0.3 is 10.1 Å². The number of benzene rings is 3. The number of nitrogens with one attached hydrogen (secondary N) is 1. The van der Waals surface area contributed by atoms with E-state index >= 15 is 0 Å². The Hall–Kier alpha value is -4.00. The van der Waals surface area contributed by atoms with E-state index in [1.54, 1.807) is 24.3 Å². The second-order valence-corrected chi connectivity index (χ2v) is 6.50. The Morgan fingerprint density at radius 2 is 1.40 bits per heavy atom. The molecule has 0 saturated carbocycles. The number of carbonyl (C=O) groups is 2. The number of ether oxygens (including phenoxy) is 1. The van der Waals surface area contributed by atoms with Gasteiger partial charge in [0.1, 0.15) is 23.1 Å². The van der Waals surface area contributed by atoms with Gasteiger partial charge >= 0.3 is 0 Å². The fourth-order valence-corrected chi connectivity index (χ4v) is 3.24. The molecule has 1 aliphatic heterocycles. The molecule has 0 fully saturated rings. The molecule has 0 spiro atoms. The first-order valence-corrected chi connectivity index (χ1v) is 9.04. The Morgan fingerprint density at radius 1 is 0.800 bits per heavy atom. The number of amides is 2. The van der Waals surface area contributed by atoms with E-state index in [1.165, 1.54) is 55.6 Å². The van der Waals surface area contributed by atoms with Crippen molar-refractivity contribution >= 4 is 28.8 Å². The lowest BCUT2D eigenvalue weighted by Crippen LogP contribution is -2.32. The molecule has 1 aliphatic rings. The number of hydrogen-bond donors (Lipinski definition) is 1. The highest BCUT2D eigenvalue weighted by Gasteiger charge is 2.40. The Morgan fingerprint density at radius 3 is 2.03 bits per heavy atom. The summed E-state index contributed by atoms with van der Waals surface area (Å²) in [6.45, 7) is 0. The van der Waals surface area contributed by atoms with E-state index in [0.717, 1.165) is 4.90 Å². The Bertz CT molecular complexity index is 1160. The molecule has 0 aliphatic carbocycles. The van der Waals surface area contributed by atoms with Crippen LogP contribution >= 0.6 is 0 Å². The van der Waals surface area contributed by atoms with Crippen LogP contribution in [0.1, 0.15) is 5.56 Å². The first-order valence-electron chi connectivity index (χ1n) is 9.04. The summed E-state index contributed by atoms with van der Waals surface area (Å²) in [5.74, 6) is -1.70. The summed E-state index contributed by atoms with van der Waals surface area (Å²) >= 11 is 0. The van der Waals surface area contributed by atoms with Gasteiger partial charge in [0.15, 0.2) is 0 Å². The minimum Gasteiger partial charge on any atom is -0.495 e. The normalized spacial score (nSPS) is 13.8. The number of nitrogens with zero attached hydrogens (tertiary/aromatic N) is 1. The van der Waals surface area contributed by atoms with Crippen molar-refractivity contribution in [2.75, 3.05) is 17.3 Å². The Kier molecular flexibility index (Phi) is 5.02. The van der Waals surface area contributed by atoms with E-state index in [-0.39, 0.29) is 17.0 Å². The lowest BCUT2D eigenvalue weighted by Gasteiger charge is -2.16. The fraction of sp³-hybridized carbons (Fsp3) is 0.0435. The zero-order chi connectivity index (χ0) is 21.3. The van der Waals surface area contributed by atoms with Crippen molar-refractivity contribution in [2.24, 2.45) is 0 Å². The summed E-state index contributed by atoms with van der Waals surface area (Å²) in [5, 5.41) is 2.99. The lowest BCUT2D eigenvalue weighted by molar-refractivity contribution is -0.120. The van der Waals surface area contributed by atoms with Gasteiger partial charge in [-0.25, -0.2) is 13.7 Å². The highest BCUT2D eigenvalue weighted by molar-refractivity contribution is 6.46. The smallest absolute Gasteiger partial charge is 0.282 e. The van der Waals surface area contributed by atoms with Crippen LogP contribution in [0.3, 0.4) is 0 Å². The van der Waals surface area contributed by atoms with E-state index in [0.29, 0.717) is 17.0 Å². The van der Waals surface area contributed by atoms with Crippen LogP contribution in [0.25, 0.3) is 5.57 Å². The van der Waals surface area contributed by atoms with Crippen molar-refractivity contribution in [3.63, 3.8) is 0 Å². The summed E-state index contributed by atoms with van der Waals surface area (Å²) in [6.07, 6.45) is 0. The molecule has 1 heterocycles. The van der Waals surface area contributed by atoms with E-state index in [9.17, 15) is 18.4 Å². The van der Waals surface area contributed by atoms with Crippen LogP contribution in [0.5, 0.6) is 5.75 Å². The molecule has 4 rings (SSSR count). The van der Waals surface area contributed by atoms with Crippen LogP contribution in [0.4, 0.5) is 20.2 Å². The quantitative estimate of drug-likeness (QED) is 0.640. The van der Waals surface area contributed by atoms with E-state index in [1.807, 2.05) is 0 Å². The predicted octanol–water partition coefficient (Wildman–Crippen LogP) is 4.37. The van der Waals surface area contributed by atoms with Gasteiger partial charge in [-0.05, 0) is 54.1 Å². The third-order valence-electron chi connectivity index (χ3n) is 4.67. The van der Waals surface area contributed by atoms with Gasteiger partial charge in [-0.1, -0.05) is 24.3 Å². The molecule has 0 aromatic heterocycles. The van der Waals surface area contributed by atoms with Gasteiger partial charge in [-0.2, -0.15) is 0 Å². The van der Waals surface area contributed by atoms with Crippen molar-refractivity contribution in [3.05, 3.63) is 95.7 Å². The van der Waals surface area contributed by atoms with Crippen LogP contribution in [-0.2, 0) is 9.59 Å². The van der Waals surface area contributed by atoms with E-state index < -0.39 is 23.4 Å². The molecule has 1 N–H and O–H groups in total. The zero-order valence-corrected chi connectivity index (χ0v) is 15.9. The first kappa shape index (κ1) is 19.3. The van der Waals surface area contributed by atoms with Crippen LogP contribution in [-0.4, -0.2) is 18.9 Å². The molecule has 30 heavy (non-hydrogen) atoms. The van der Waals surface area contributed by atoms with Crippen LogP contribution in [0.2, 0.25) is 0 Å². The third-order valence-corrected chi connectivity index (χ3v) is 4.67. The van der Waals surface area contributed by atoms with Crippen LogP contribution in [0, 0.1) is 11.6 Å². The first-order chi connectivity index (χ1) is 14.5. The van der Waals surface area contributed by atoms with Crippen LogP contribution in [0.15, 0.2) is 78.5 Å². The predicted molar refractivity (Wildman–Crippen MR) is 109 cm³/mol. The number of para-hydroxylation sites is 2. The summed E-state index contributed by atoms with van der Waals surface area (Å²) in [7, 11) is 1.49. The average molecular weight is 406 g/mol. The maximum absolute atomic E-state index is 13.4. The van der Waals surface area contributed by atoms with Crippen molar-refractivity contribution < 1.29 is 23.1 Å². The van der Waals surface area contributed by atoms with Crippen molar-refractivity contribution in [1.82, 2.24) is 0 Å². The minimum absolute atomic E-state index is 0.0143. The van der Waals surface area contributed by atoms with Crippen molar-refractivity contribution in [3.8, 4) is 5.75 Å². The Labute approximate surface area is 171 Å². The molecule has 5 nitrogen and oxygen atoms in total. The van der Waals surface area contributed by atoms with Crippen molar-refractivity contribution in [2.45, 2.75) is 0 Å². The average Bonchev–Trinajstić information content (AvgIpc) is 2.99. The Balaban J connectivity index is 1.83. The van der Waals surface area contributed by atoms with Gasteiger partial charge in [-0.15, -0.1) is 0 Å². The molecule has 0 bridgehead atoms. The van der Waals surface area contributed by atoms with Gasteiger partial charge in [0.05, 0.1) is 24.1 Å². The maximum Gasteiger partial charge on any atom is 0.282 e. The van der Waals surface area contributed by atoms with Crippen LogP contribution < -0.4 is 15.0 Å². The molecule has 150 valence electrons. The summed E-state index contributed by atoms with van der Waals surface area (Å²) in [4.78, 5) is 27.4. The molecule has 3 aromatic rings. The van der Waals surface area contributed by atoms with Gasteiger partial charge in [-0.3, -0.25) is 9.59 Å². The fourth-order valence-electron chi connectivity index (χ4n) is 3.24. The molecule has 7 heteroatoms. The number of imide groups is 1. The minimum atomic E-state index is -0.614. The third kappa shape index (κ3) is 3.41. The highest BCUT2D eigenvalue weighted by Crippen LogP contribution is 2.35. The van der Waals surface area contributed by atoms with Gasteiger partial charge in [0.2, 0.25) is 0 Å². The summed E-state index contributed by atoms with van der Waals surface area (Å²) in [5.41, 5.74) is 1.17. The van der Waals surface area contributed by atoms with Gasteiger partial charge in [0.25, 0.3) is 11.8 Å². The topological polar surface area (TPSA) is 58.6 Å². The van der Waals surface area contributed by atoms with E-state index in [4.69, 9.17) is 4.74 Å². The molecule has 2 amide bonds. The highest BCUT2D eigenvalue weighted by atomic mass is 19.1. The summed E-state index contributed by atoms with van der Waals surface area (Å²) < 4.78 is 32.1. The number of halogens is 2. The van der Waals surface area contributed by atoms with Gasteiger partial charge in [0, 0.05) is 0 Å². The molecule has 0 saturated heterocycles.